The Morgan fingerprint density at radius 2 is 1.81 bits per heavy atom. The van der Waals surface area contributed by atoms with Gasteiger partial charge in [0.2, 0.25) is 0 Å². The zero-order valence-electron chi connectivity index (χ0n) is 12.0. The molecule has 0 aliphatic heterocycles. The molecule has 110 valence electrons. The van der Waals surface area contributed by atoms with E-state index < -0.39 is 0 Å². The maximum Gasteiger partial charge on any atom is 0.0681 e. The first-order chi connectivity index (χ1) is 10.2. The van der Waals surface area contributed by atoms with Crippen LogP contribution in [0.15, 0.2) is 46.9 Å². The lowest BCUT2D eigenvalue weighted by Crippen LogP contribution is -2.34. The summed E-state index contributed by atoms with van der Waals surface area (Å²) in [6, 6.07) is 15.3. The highest BCUT2D eigenvalue weighted by Gasteiger charge is 2.18. The molecule has 2 aromatic carbocycles. The van der Waals surface area contributed by atoms with Gasteiger partial charge in [0.05, 0.1) is 6.61 Å². The minimum absolute atomic E-state index is 0.114. The van der Waals surface area contributed by atoms with E-state index in [9.17, 15) is 0 Å². The number of hydrogen-bond acceptors (Lipinski definition) is 2. The van der Waals surface area contributed by atoms with Crippen LogP contribution in [0.1, 0.15) is 28.7 Å². The third kappa shape index (κ3) is 3.73. The fraction of sp³-hybridized carbons (Fsp3) is 0.333. The minimum atomic E-state index is 0.114. The number of benzene rings is 2. The van der Waals surface area contributed by atoms with E-state index in [1.165, 1.54) is 27.6 Å². The molecule has 0 aromatic heterocycles. The Bertz CT molecular complexity index is 609. The van der Waals surface area contributed by atoms with Crippen molar-refractivity contribution in [2.24, 2.45) is 0 Å². The average Bonchev–Trinajstić information content (AvgIpc) is 2.53. The van der Waals surface area contributed by atoms with Crippen LogP contribution < -0.4 is 5.32 Å². The fourth-order valence-corrected chi connectivity index (χ4v) is 3.33. The van der Waals surface area contributed by atoms with E-state index in [2.05, 4.69) is 51.6 Å². The molecule has 0 saturated heterocycles. The Hall–Kier alpha value is -1.16. The van der Waals surface area contributed by atoms with Gasteiger partial charge in [-0.25, -0.2) is 0 Å². The van der Waals surface area contributed by atoms with Crippen molar-refractivity contribution in [1.29, 1.82) is 0 Å². The molecule has 21 heavy (non-hydrogen) atoms. The molecule has 0 spiro atoms. The van der Waals surface area contributed by atoms with Crippen molar-refractivity contribution < 1.29 is 5.11 Å². The van der Waals surface area contributed by atoms with Crippen molar-refractivity contribution in [3.05, 3.63) is 69.2 Å². The SMILES string of the molecule is OCc1ccc(CNC2CCc3cc(Br)ccc3C2)cc1. The Kier molecular flexibility index (Phi) is 4.73. The summed E-state index contributed by atoms with van der Waals surface area (Å²) in [7, 11) is 0. The predicted molar refractivity (Wildman–Crippen MR) is 89.2 cm³/mol. The van der Waals surface area contributed by atoms with Crippen molar-refractivity contribution in [3.8, 4) is 0 Å². The molecule has 0 saturated carbocycles. The highest BCUT2D eigenvalue weighted by atomic mass is 79.9. The van der Waals surface area contributed by atoms with Gasteiger partial charge in [-0.15, -0.1) is 0 Å². The molecule has 0 amide bonds. The second-order valence-electron chi connectivity index (χ2n) is 5.71. The van der Waals surface area contributed by atoms with Gasteiger partial charge >= 0.3 is 0 Å². The summed E-state index contributed by atoms with van der Waals surface area (Å²) in [5, 5.41) is 12.7. The second kappa shape index (κ2) is 6.73. The topological polar surface area (TPSA) is 32.3 Å². The summed E-state index contributed by atoms with van der Waals surface area (Å²) in [6.07, 6.45) is 3.45. The van der Waals surface area contributed by atoms with Gasteiger partial charge in [0.15, 0.2) is 0 Å². The minimum Gasteiger partial charge on any atom is -0.392 e. The van der Waals surface area contributed by atoms with Crippen molar-refractivity contribution in [2.45, 2.75) is 38.5 Å². The number of aryl methyl sites for hydroxylation is 1. The largest absolute Gasteiger partial charge is 0.392 e. The molecule has 2 N–H and O–H groups in total. The number of fused-ring (bicyclic) bond motifs is 1. The number of hydrogen-bond donors (Lipinski definition) is 2. The average molecular weight is 346 g/mol. The molecule has 1 aliphatic rings. The zero-order valence-corrected chi connectivity index (χ0v) is 13.6. The Balaban J connectivity index is 1.58. The van der Waals surface area contributed by atoms with Crippen LogP contribution in [0.2, 0.25) is 0 Å². The molecular formula is C18H20BrNO. The van der Waals surface area contributed by atoms with Gasteiger partial charge in [-0.05, 0) is 53.6 Å². The quantitative estimate of drug-likeness (QED) is 0.887. The van der Waals surface area contributed by atoms with Crippen LogP contribution in [-0.2, 0) is 26.0 Å². The number of rotatable bonds is 4. The van der Waals surface area contributed by atoms with Gasteiger partial charge < -0.3 is 10.4 Å². The van der Waals surface area contributed by atoms with Crippen LogP contribution in [-0.4, -0.2) is 11.1 Å². The molecule has 0 bridgehead atoms. The molecule has 3 heteroatoms. The van der Waals surface area contributed by atoms with Crippen LogP contribution in [0, 0.1) is 0 Å². The van der Waals surface area contributed by atoms with Gasteiger partial charge in [-0.3, -0.25) is 0 Å². The van der Waals surface area contributed by atoms with Crippen LogP contribution >= 0.6 is 15.9 Å². The Morgan fingerprint density at radius 1 is 1.05 bits per heavy atom. The predicted octanol–water partition coefficient (Wildman–Crippen LogP) is 3.59. The van der Waals surface area contributed by atoms with Crippen molar-refractivity contribution in [1.82, 2.24) is 5.32 Å². The lowest BCUT2D eigenvalue weighted by atomic mass is 9.88. The summed E-state index contributed by atoms with van der Waals surface area (Å²) in [5.41, 5.74) is 5.19. The summed E-state index contributed by atoms with van der Waals surface area (Å²) in [5.74, 6) is 0. The highest BCUT2D eigenvalue weighted by molar-refractivity contribution is 9.10. The van der Waals surface area contributed by atoms with Gasteiger partial charge in [0.25, 0.3) is 0 Å². The molecule has 0 radical (unpaired) electrons. The smallest absolute Gasteiger partial charge is 0.0681 e. The summed E-state index contributed by atoms with van der Waals surface area (Å²) in [6.45, 7) is 1.00. The van der Waals surface area contributed by atoms with Crippen molar-refractivity contribution >= 4 is 15.9 Å². The molecule has 3 rings (SSSR count). The zero-order chi connectivity index (χ0) is 14.7. The Labute approximate surface area is 134 Å². The molecule has 2 aromatic rings. The second-order valence-corrected chi connectivity index (χ2v) is 6.62. The lowest BCUT2D eigenvalue weighted by Gasteiger charge is -2.26. The van der Waals surface area contributed by atoms with Crippen molar-refractivity contribution in [2.75, 3.05) is 0 Å². The van der Waals surface area contributed by atoms with Crippen LogP contribution in [0.4, 0.5) is 0 Å². The van der Waals surface area contributed by atoms with E-state index in [1.54, 1.807) is 0 Å². The third-order valence-electron chi connectivity index (χ3n) is 4.20. The molecule has 0 fully saturated rings. The normalized spacial score (nSPS) is 17.5. The van der Waals surface area contributed by atoms with E-state index in [4.69, 9.17) is 5.11 Å². The molecule has 0 heterocycles. The maximum atomic E-state index is 9.06. The van der Waals surface area contributed by atoms with Gasteiger partial charge in [-0.2, -0.15) is 0 Å². The van der Waals surface area contributed by atoms with E-state index in [1.807, 2.05) is 12.1 Å². The van der Waals surface area contributed by atoms with Crippen LogP contribution in [0.25, 0.3) is 0 Å². The molecule has 1 atom stereocenters. The number of aliphatic hydroxyl groups excluding tert-OH is 1. The first kappa shape index (κ1) is 14.8. The van der Waals surface area contributed by atoms with Crippen LogP contribution in [0.3, 0.4) is 0 Å². The Morgan fingerprint density at radius 3 is 2.57 bits per heavy atom. The molecule has 1 aliphatic carbocycles. The van der Waals surface area contributed by atoms with E-state index >= 15 is 0 Å². The highest BCUT2D eigenvalue weighted by Crippen LogP contribution is 2.25. The van der Waals surface area contributed by atoms with E-state index in [-0.39, 0.29) is 6.61 Å². The molecular weight excluding hydrogens is 326 g/mol. The number of nitrogens with one attached hydrogen (secondary N) is 1. The van der Waals surface area contributed by atoms with E-state index in [0.717, 1.165) is 24.9 Å². The summed E-state index contributed by atoms with van der Waals surface area (Å²) < 4.78 is 1.18. The maximum absolute atomic E-state index is 9.06. The van der Waals surface area contributed by atoms with Crippen LogP contribution in [0.5, 0.6) is 0 Å². The van der Waals surface area contributed by atoms with Crippen molar-refractivity contribution in [3.63, 3.8) is 0 Å². The molecule has 2 nitrogen and oxygen atoms in total. The van der Waals surface area contributed by atoms with Gasteiger partial charge in [0, 0.05) is 17.1 Å². The first-order valence-corrected chi connectivity index (χ1v) is 8.23. The summed E-state index contributed by atoms with van der Waals surface area (Å²) in [4.78, 5) is 0. The monoisotopic (exact) mass is 345 g/mol. The number of halogens is 1. The lowest BCUT2D eigenvalue weighted by molar-refractivity contribution is 0.282. The third-order valence-corrected chi connectivity index (χ3v) is 4.69. The van der Waals surface area contributed by atoms with E-state index in [0.29, 0.717) is 6.04 Å². The fourth-order valence-electron chi connectivity index (χ4n) is 2.92. The summed E-state index contributed by atoms with van der Waals surface area (Å²) >= 11 is 3.55. The first-order valence-electron chi connectivity index (χ1n) is 7.44. The van der Waals surface area contributed by atoms with Gasteiger partial charge in [-0.1, -0.05) is 46.3 Å². The standard InChI is InChI=1S/C18H20BrNO/c19-17-7-5-16-10-18(8-6-15(16)9-17)20-11-13-1-3-14(12-21)4-2-13/h1-5,7,9,18,20-21H,6,8,10-12H2. The number of aliphatic hydroxyl groups is 1. The molecule has 1 unspecified atom stereocenters. The van der Waals surface area contributed by atoms with Gasteiger partial charge in [0.1, 0.15) is 0 Å².